The first-order valence-corrected chi connectivity index (χ1v) is 8.45. The number of ether oxygens (including phenoxy) is 1. The third-order valence-electron chi connectivity index (χ3n) is 3.93. The highest BCUT2D eigenvalue weighted by Gasteiger charge is 2.18. The molecule has 1 aliphatic rings. The standard InChI is InChI=1S/C19H22N4O2/c1-2-10-20-17-12-16(19(24)21-13-15-9-6-11-25-15)22-18(23-17)14-7-4-3-5-8-14/h2-5,7-8,12,15H,1,6,9-11,13H2,(H,21,24)(H,20,22,23). The smallest absolute Gasteiger partial charge is 0.270 e. The van der Waals surface area contributed by atoms with Crippen molar-refractivity contribution < 1.29 is 9.53 Å². The number of hydrogen-bond acceptors (Lipinski definition) is 5. The lowest BCUT2D eigenvalue weighted by atomic mass is 10.2. The SMILES string of the molecule is C=CCNc1cc(C(=O)NCC2CCCO2)nc(-c2ccccc2)n1. The highest BCUT2D eigenvalue weighted by molar-refractivity contribution is 5.93. The van der Waals surface area contributed by atoms with Gasteiger partial charge in [0.25, 0.3) is 5.91 Å². The topological polar surface area (TPSA) is 76.1 Å². The number of aromatic nitrogens is 2. The zero-order valence-corrected chi connectivity index (χ0v) is 14.1. The lowest BCUT2D eigenvalue weighted by Gasteiger charge is -2.12. The van der Waals surface area contributed by atoms with E-state index in [9.17, 15) is 4.79 Å². The van der Waals surface area contributed by atoms with Crippen molar-refractivity contribution in [3.8, 4) is 11.4 Å². The van der Waals surface area contributed by atoms with E-state index in [1.54, 1.807) is 12.1 Å². The van der Waals surface area contributed by atoms with Crippen molar-refractivity contribution in [1.29, 1.82) is 0 Å². The minimum Gasteiger partial charge on any atom is -0.376 e. The Bertz CT molecular complexity index is 727. The summed E-state index contributed by atoms with van der Waals surface area (Å²) in [5.74, 6) is 0.879. The van der Waals surface area contributed by atoms with Crippen LogP contribution in [0.2, 0.25) is 0 Å². The fourth-order valence-electron chi connectivity index (χ4n) is 2.65. The Hall–Kier alpha value is -2.73. The Morgan fingerprint density at radius 3 is 2.88 bits per heavy atom. The lowest BCUT2D eigenvalue weighted by Crippen LogP contribution is -2.32. The second-order valence-electron chi connectivity index (χ2n) is 5.84. The molecule has 1 aromatic carbocycles. The number of hydrogen-bond donors (Lipinski definition) is 2. The van der Waals surface area contributed by atoms with Gasteiger partial charge in [0, 0.05) is 31.3 Å². The fraction of sp³-hybridized carbons (Fsp3) is 0.316. The second-order valence-corrected chi connectivity index (χ2v) is 5.84. The van der Waals surface area contributed by atoms with Crippen LogP contribution >= 0.6 is 0 Å². The van der Waals surface area contributed by atoms with Crippen LogP contribution in [0.1, 0.15) is 23.3 Å². The Morgan fingerprint density at radius 1 is 1.32 bits per heavy atom. The molecule has 2 aromatic rings. The average molecular weight is 338 g/mol. The minimum absolute atomic E-state index is 0.0951. The first kappa shape index (κ1) is 17.1. The van der Waals surface area contributed by atoms with Gasteiger partial charge in [-0.2, -0.15) is 0 Å². The maximum Gasteiger partial charge on any atom is 0.270 e. The van der Waals surface area contributed by atoms with Crippen molar-refractivity contribution in [1.82, 2.24) is 15.3 Å². The second kappa shape index (κ2) is 8.39. The molecule has 3 rings (SSSR count). The van der Waals surface area contributed by atoms with Crippen LogP contribution in [0.4, 0.5) is 5.82 Å². The van der Waals surface area contributed by atoms with E-state index in [1.165, 1.54) is 0 Å². The van der Waals surface area contributed by atoms with Gasteiger partial charge in [-0.25, -0.2) is 9.97 Å². The van der Waals surface area contributed by atoms with Crippen molar-refractivity contribution in [2.24, 2.45) is 0 Å². The van der Waals surface area contributed by atoms with Crippen LogP contribution in [0.3, 0.4) is 0 Å². The van der Waals surface area contributed by atoms with Crippen LogP contribution in [-0.4, -0.2) is 41.7 Å². The fourth-order valence-corrected chi connectivity index (χ4v) is 2.65. The molecule has 1 saturated heterocycles. The number of anilines is 1. The molecule has 130 valence electrons. The monoisotopic (exact) mass is 338 g/mol. The van der Waals surface area contributed by atoms with E-state index in [0.717, 1.165) is 25.0 Å². The molecule has 1 aromatic heterocycles. The maximum absolute atomic E-state index is 12.5. The van der Waals surface area contributed by atoms with Crippen LogP contribution in [0, 0.1) is 0 Å². The predicted octanol–water partition coefficient (Wildman–Crippen LogP) is 2.65. The Labute approximate surface area is 147 Å². The molecular weight excluding hydrogens is 316 g/mol. The molecule has 6 heteroatoms. The molecule has 1 aliphatic heterocycles. The van der Waals surface area contributed by atoms with Crippen LogP contribution in [-0.2, 0) is 4.74 Å². The highest BCUT2D eigenvalue weighted by Crippen LogP contribution is 2.18. The molecule has 0 aliphatic carbocycles. The summed E-state index contributed by atoms with van der Waals surface area (Å²) in [6, 6.07) is 11.3. The highest BCUT2D eigenvalue weighted by atomic mass is 16.5. The molecule has 2 N–H and O–H groups in total. The first-order valence-electron chi connectivity index (χ1n) is 8.45. The summed E-state index contributed by atoms with van der Waals surface area (Å²) in [4.78, 5) is 21.4. The summed E-state index contributed by atoms with van der Waals surface area (Å²) in [7, 11) is 0. The molecule has 25 heavy (non-hydrogen) atoms. The molecule has 1 atom stereocenters. The molecule has 0 spiro atoms. The van der Waals surface area contributed by atoms with Gasteiger partial charge in [-0.3, -0.25) is 4.79 Å². The first-order chi connectivity index (χ1) is 12.3. The van der Waals surface area contributed by atoms with Gasteiger partial charge in [0.1, 0.15) is 11.5 Å². The van der Waals surface area contributed by atoms with Gasteiger partial charge in [0.2, 0.25) is 0 Å². The van der Waals surface area contributed by atoms with Gasteiger partial charge in [-0.1, -0.05) is 36.4 Å². The summed E-state index contributed by atoms with van der Waals surface area (Å²) >= 11 is 0. The predicted molar refractivity (Wildman–Crippen MR) is 97.5 cm³/mol. The van der Waals surface area contributed by atoms with E-state index in [-0.39, 0.29) is 12.0 Å². The number of amides is 1. The zero-order valence-electron chi connectivity index (χ0n) is 14.1. The van der Waals surface area contributed by atoms with E-state index >= 15 is 0 Å². The van der Waals surface area contributed by atoms with Crippen molar-refractivity contribution in [3.05, 3.63) is 54.7 Å². The van der Waals surface area contributed by atoms with Gasteiger partial charge >= 0.3 is 0 Å². The largest absolute Gasteiger partial charge is 0.376 e. The Balaban J connectivity index is 1.80. The lowest BCUT2D eigenvalue weighted by molar-refractivity contribution is 0.0853. The van der Waals surface area contributed by atoms with E-state index in [0.29, 0.717) is 30.4 Å². The van der Waals surface area contributed by atoms with Crippen LogP contribution in [0.5, 0.6) is 0 Å². The van der Waals surface area contributed by atoms with E-state index < -0.39 is 0 Å². The van der Waals surface area contributed by atoms with E-state index in [2.05, 4.69) is 27.2 Å². The quantitative estimate of drug-likeness (QED) is 0.759. The Morgan fingerprint density at radius 2 is 2.16 bits per heavy atom. The summed E-state index contributed by atoms with van der Waals surface area (Å²) < 4.78 is 5.54. The molecule has 2 heterocycles. The van der Waals surface area contributed by atoms with E-state index in [1.807, 2.05) is 30.3 Å². The number of rotatable bonds is 7. The molecule has 0 bridgehead atoms. The zero-order chi connectivity index (χ0) is 17.5. The molecular formula is C19H22N4O2. The van der Waals surface area contributed by atoms with Gasteiger partial charge in [-0.05, 0) is 12.8 Å². The average Bonchev–Trinajstić information content (AvgIpc) is 3.18. The van der Waals surface area contributed by atoms with Gasteiger partial charge in [0.05, 0.1) is 6.10 Å². The molecule has 1 unspecified atom stereocenters. The number of carbonyl (C=O) groups excluding carboxylic acids is 1. The van der Waals surface area contributed by atoms with Gasteiger partial charge in [-0.15, -0.1) is 6.58 Å². The summed E-state index contributed by atoms with van der Waals surface area (Å²) in [5, 5.41) is 6.02. The van der Waals surface area contributed by atoms with Gasteiger partial charge < -0.3 is 15.4 Å². The Kier molecular flexibility index (Phi) is 5.74. The molecule has 0 radical (unpaired) electrons. The van der Waals surface area contributed by atoms with Crippen LogP contribution < -0.4 is 10.6 Å². The van der Waals surface area contributed by atoms with Crippen molar-refractivity contribution in [2.45, 2.75) is 18.9 Å². The van der Waals surface area contributed by atoms with Crippen molar-refractivity contribution >= 4 is 11.7 Å². The van der Waals surface area contributed by atoms with Crippen molar-refractivity contribution in [3.63, 3.8) is 0 Å². The summed E-state index contributed by atoms with van der Waals surface area (Å²) in [5.41, 5.74) is 1.19. The normalized spacial score (nSPS) is 16.4. The molecule has 1 fully saturated rings. The third-order valence-corrected chi connectivity index (χ3v) is 3.93. The van der Waals surface area contributed by atoms with Crippen LogP contribution in [0.25, 0.3) is 11.4 Å². The van der Waals surface area contributed by atoms with E-state index in [4.69, 9.17) is 4.74 Å². The number of benzene rings is 1. The van der Waals surface area contributed by atoms with Crippen LogP contribution in [0.15, 0.2) is 49.1 Å². The number of carbonyl (C=O) groups is 1. The summed E-state index contributed by atoms with van der Waals surface area (Å²) in [6.07, 6.45) is 3.85. The molecule has 1 amide bonds. The number of nitrogens with zero attached hydrogens (tertiary/aromatic N) is 2. The third kappa shape index (κ3) is 4.64. The maximum atomic E-state index is 12.5. The molecule has 0 saturated carbocycles. The summed E-state index contributed by atoms with van der Waals surface area (Å²) in [6.45, 7) is 5.51. The molecule has 6 nitrogen and oxygen atoms in total. The number of nitrogens with one attached hydrogen (secondary N) is 2. The van der Waals surface area contributed by atoms with Gasteiger partial charge in [0.15, 0.2) is 5.82 Å². The minimum atomic E-state index is -0.225. The van der Waals surface area contributed by atoms with Crippen molar-refractivity contribution in [2.75, 3.05) is 25.0 Å².